The largest absolute Gasteiger partial charge is 0.335 e. The third-order valence-corrected chi connectivity index (χ3v) is 3.57. The van der Waals surface area contributed by atoms with Crippen LogP contribution < -0.4 is 5.73 Å². The van der Waals surface area contributed by atoms with E-state index in [4.69, 9.17) is 5.73 Å². The standard InChI is InChI=1S/C12H18N2OS/c13-6-1-2-12(15)14(11-3-4-11)8-10-5-7-16-9-10/h5,7,9,11H,1-4,6,8,13H2. The monoisotopic (exact) mass is 238 g/mol. The first kappa shape index (κ1) is 11.6. The molecule has 1 aromatic heterocycles. The number of hydrogen-bond donors (Lipinski definition) is 1. The lowest BCUT2D eigenvalue weighted by atomic mass is 10.2. The highest BCUT2D eigenvalue weighted by Gasteiger charge is 2.31. The van der Waals surface area contributed by atoms with Gasteiger partial charge in [0.2, 0.25) is 5.91 Å². The lowest BCUT2D eigenvalue weighted by molar-refractivity contribution is -0.132. The highest BCUT2D eigenvalue weighted by Crippen LogP contribution is 2.29. The zero-order chi connectivity index (χ0) is 11.4. The average molecular weight is 238 g/mol. The van der Waals surface area contributed by atoms with Gasteiger partial charge in [-0.25, -0.2) is 0 Å². The topological polar surface area (TPSA) is 46.3 Å². The van der Waals surface area contributed by atoms with Crippen molar-refractivity contribution in [2.45, 2.75) is 38.3 Å². The minimum absolute atomic E-state index is 0.263. The number of nitrogens with two attached hydrogens (primary N) is 1. The second kappa shape index (κ2) is 5.46. The van der Waals surface area contributed by atoms with Crippen molar-refractivity contribution in [1.82, 2.24) is 4.90 Å². The van der Waals surface area contributed by atoms with E-state index in [9.17, 15) is 4.79 Å². The molecular weight excluding hydrogens is 220 g/mol. The molecule has 0 radical (unpaired) electrons. The minimum atomic E-state index is 0.263. The Morgan fingerprint density at radius 2 is 2.38 bits per heavy atom. The van der Waals surface area contributed by atoms with Gasteiger partial charge in [-0.1, -0.05) is 0 Å². The number of carbonyl (C=O) groups is 1. The zero-order valence-electron chi connectivity index (χ0n) is 9.39. The van der Waals surface area contributed by atoms with Crippen molar-refractivity contribution in [3.05, 3.63) is 22.4 Å². The Bertz CT molecular complexity index is 333. The molecule has 4 heteroatoms. The van der Waals surface area contributed by atoms with E-state index in [2.05, 4.69) is 16.8 Å². The number of thiophene rings is 1. The lowest BCUT2D eigenvalue weighted by Crippen LogP contribution is -2.32. The first-order valence-corrected chi connectivity index (χ1v) is 6.76. The Kier molecular flexibility index (Phi) is 3.96. The predicted molar refractivity (Wildman–Crippen MR) is 66.2 cm³/mol. The van der Waals surface area contributed by atoms with Crippen LogP contribution >= 0.6 is 11.3 Å². The Hall–Kier alpha value is -0.870. The van der Waals surface area contributed by atoms with Gasteiger partial charge in [0.1, 0.15) is 0 Å². The van der Waals surface area contributed by atoms with Gasteiger partial charge < -0.3 is 10.6 Å². The van der Waals surface area contributed by atoms with Gasteiger partial charge in [-0.05, 0) is 48.2 Å². The molecule has 0 bridgehead atoms. The van der Waals surface area contributed by atoms with Crippen molar-refractivity contribution in [1.29, 1.82) is 0 Å². The zero-order valence-corrected chi connectivity index (χ0v) is 10.2. The van der Waals surface area contributed by atoms with Crippen molar-refractivity contribution in [2.24, 2.45) is 5.73 Å². The van der Waals surface area contributed by atoms with Crippen molar-refractivity contribution in [3.8, 4) is 0 Å². The van der Waals surface area contributed by atoms with Crippen molar-refractivity contribution >= 4 is 17.2 Å². The smallest absolute Gasteiger partial charge is 0.223 e. The van der Waals surface area contributed by atoms with Crippen LogP contribution in [0.4, 0.5) is 0 Å². The van der Waals surface area contributed by atoms with Crippen LogP contribution in [0, 0.1) is 0 Å². The van der Waals surface area contributed by atoms with Crippen molar-refractivity contribution in [3.63, 3.8) is 0 Å². The molecule has 0 atom stereocenters. The maximum absolute atomic E-state index is 12.0. The fourth-order valence-electron chi connectivity index (χ4n) is 1.78. The van der Waals surface area contributed by atoms with Crippen LogP contribution in [-0.4, -0.2) is 23.4 Å². The van der Waals surface area contributed by atoms with Crippen molar-refractivity contribution in [2.75, 3.05) is 6.54 Å². The molecule has 1 aliphatic carbocycles. The van der Waals surface area contributed by atoms with Gasteiger partial charge >= 0.3 is 0 Å². The molecule has 1 fully saturated rings. The number of nitrogens with zero attached hydrogens (tertiary/aromatic N) is 1. The lowest BCUT2D eigenvalue weighted by Gasteiger charge is -2.21. The molecular formula is C12H18N2OS. The Morgan fingerprint density at radius 1 is 1.56 bits per heavy atom. The Labute approximate surface area is 100 Å². The third-order valence-electron chi connectivity index (χ3n) is 2.84. The summed E-state index contributed by atoms with van der Waals surface area (Å²) in [5, 5.41) is 4.18. The summed E-state index contributed by atoms with van der Waals surface area (Å²) in [6.45, 7) is 1.38. The van der Waals surface area contributed by atoms with Crippen molar-refractivity contribution < 1.29 is 4.79 Å². The van der Waals surface area contributed by atoms with Crippen LogP contribution in [-0.2, 0) is 11.3 Å². The normalized spacial score (nSPS) is 15.1. The Balaban J connectivity index is 1.92. The van der Waals surface area contributed by atoms with Crippen LogP contribution in [0.25, 0.3) is 0 Å². The van der Waals surface area contributed by atoms with E-state index in [1.165, 1.54) is 18.4 Å². The molecule has 1 aromatic rings. The van der Waals surface area contributed by atoms with Gasteiger partial charge in [-0.2, -0.15) is 11.3 Å². The summed E-state index contributed by atoms with van der Waals surface area (Å²) < 4.78 is 0. The average Bonchev–Trinajstić information content (AvgIpc) is 3.00. The first-order valence-electron chi connectivity index (χ1n) is 5.82. The third kappa shape index (κ3) is 3.06. The number of rotatable bonds is 6. The molecule has 0 aromatic carbocycles. The summed E-state index contributed by atoms with van der Waals surface area (Å²) in [6, 6.07) is 2.58. The Morgan fingerprint density at radius 3 is 2.94 bits per heavy atom. The van der Waals surface area contributed by atoms with Crippen LogP contribution in [0.2, 0.25) is 0 Å². The number of hydrogen-bond acceptors (Lipinski definition) is 3. The maximum atomic E-state index is 12.0. The van der Waals surface area contributed by atoms with E-state index >= 15 is 0 Å². The summed E-state index contributed by atoms with van der Waals surface area (Å²) >= 11 is 1.69. The molecule has 16 heavy (non-hydrogen) atoms. The molecule has 2 N–H and O–H groups in total. The van der Waals surface area contributed by atoms with Gasteiger partial charge in [0.05, 0.1) is 0 Å². The van der Waals surface area contributed by atoms with E-state index in [0.29, 0.717) is 19.0 Å². The van der Waals surface area contributed by atoms with Gasteiger partial charge in [-0.3, -0.25) is 4.79 Å². The van der Waals surface area contributed by atoms with Gasteiger partial charge in [0, 0.05) is 19.0 Å². The fraction of sp³-hybridized carbons (Fsp3) is 0.583. The van der Waals surface area contributed by atoms with E-state index < -0.39 is 0 Å². The van der Waals surface area contributed by atoms with Crippen LogP contribution in [0.1, 0.15) is 31.2 Å². The molecule has 0 saturated heterocycles. The molecule has 0 spiro atoms. The van der Waals surface area contributed by atoms with Gasteiger partial charge in [0.25, 0.3) is 0 Å². The predicted octanol–water partition coefficient (Wildman–Crippen LogP) is 1.98. The highest BCUT2D eigenvalue weighted by atomic mass is 32.1. The van der Waals surface area contributed by atoms with E-state index in [1.807, 2.05) is 4.90 Å². The second-order valence-electron chi connectivity index (χ2n) is 4.28. The molecule has 1 aliphatic rings. The maximum Gasteiger partial charge on any atom is 0.223 e. The summed E-state index contributed by atoms with van der Waals surface area (Å²) in [7, 11) is 0. The SMILES string of the molecule is NCCCC(=O)N(Cc1ccsc1)C1CC1. The minimum Gasteiger partial charge on any atom is -0.335 e. The molecule has 2 rings (SSSR count). The van der Waals surface area contributed by atoms with E-state index in [0.717, 1.165) is 13.0 Å². The number of carbonyl (C=O) groups excluding carboxylic acids is 1. The second-order valence-corrected chi connectivity index (χ2v) is 5.06. The molecule has 0 aliphatic heterocycles. The van der Waals surface area contributed by atoms with Gasteiger partial charge in [-0.15, -0.1) is 0 Å². The van der Waals surface area contributed by atoms with Crippen LogP contribution in [0.5, 0.6) is 0 Å². The number of amides is 1. The highest BCUT2D eigenvalue weighted by molar-refractivity contribution is 7.07. The molecule has 1 saturated carbocycles. The summed E-state index contributed by atoms with van der Waals surface area (Å²) in [6.07, 6.45) is 3.72. The van der Waals surface area contributed by atoms with E-state index in [1.54, 1.807) is 11.3 Å². The van der Waals surface area contributed by atoms with Crippen LogP contribution in [0.15, 0.2) is 16.8 Å². The van der Waals surface area contributed by atoms with E-state index in [-0.39, 0.29) is 5.91 Å². The summed E-state index contributed by atoms with van der Waals surface area (Å²) in [5.74, 6) is 0.263. The first-order chi connectivity index (χ1) is 7.81. The van der Waals surface area contributed by atoms with Crippen LogP contribution in [0.3, 0.4) is 0 Å². The molecule has 1 amide bonds. The fourth-order valence-corrected chi connectivity index (χ4v) is 2.44. The summed E-state index contributed by atoms with van der Waals surface area (Å²) in [4.78, 5) is 14.0. The molecule has 3 nitrogen and oxygen atoms in total. The quantitative estimate of drug-likeness (QED) is 0.823. The molecule has 1 heterocycles. The van der Waals surface area contributed by atoms with Gasteiger partial charge in [0.15, 0.2) is 0 Å². The molecule has 0 unspecified atom stereocenters. The summed E-state index contributed by atoms with van der Waals surface area (Å²) in [5.41, 5.74) is 6.68. The molecule has 88 valence electrons.